The third-order valence-corrected chi connectivity index (χ3v) is 3.86. The van der Waals surface area contributed by atoms with Crippen LogP contribution in [0, 0.1) is 5.41 Å². The van der Waals surface area contributed by atoms with Crippen LogP contribution in [0.15, 0.2) is 36.4 Å². The van der Waals surface area contributed by atoms with Gasteiger partial charge < -0.3 is 10.6 Å². The molecule has 2 N–H and O–H groups in total. The molecule has 1 unspecified atom stereocenters. The highest BCUT2D eigenvalue weighted by Crippen LogP contribution is 2.24. The molecule has 1 aromatic rings. The van der Waals surface area contributed by atoms with Crippen molar-refractivity contribution >= 4 is 11.5 Å². The Balaban J connectivity index is 2.04. The molecule has 1 atom stereocenters. The van der Waals surface area contributed by atoms with Crippen molar-refractivity contribution in [2.45, 2.75) is 33.2 Å². The summed E-state index contributed by atoms with van der Waals surface area (Å²) in [4.78, 5) is 14.2. The first kappa shape index (κ1) is 14.8. The van der Waals surface area contributed by atoms with E-state index in [1.54, 1.807) is 0 Å². The molecule has 3 heteroatoms. The van der Waals surface area contributed by atoms with Gasteiger partial charge in [-0.1, -0.05) is 57.2 Å². The van der Waals surface area contributed by atoms with Crippen molar-refractivity contribution in [1.82, 2.24) is 4.90 Å². The van der Waals surface area contributed by atoms with Crippen LogP contribution in [0.3, 0.4) is 0 Å². The van der Waals surface area contributed by atoms with Gasteiger partial charge in [-0.05, 0) is 23.0 Å². The van der Waals surface area contributed by atoms with Crippen LogP contribution in [0.1, 0.15) is 32.8 Å². The highest BCUT2D eigenvalue weighted by Gasteiger charge is 2.31. The lowest BCUT2D eigenvalue weighted by Crippen LogP contribution is -2.51. The van der Waals surface area contributed by atoms with Gasteiger partial charge in [-0.2, -0.15) is 0 Å². The minimum Gasteiger partial charge on any atom is -0.337 e. The van der Waals surface area contributed by atoms with Crippen LogP contribution in [0.25, 0.3) is 5.57 Å². The van der Waals surface area contributed by atoms with E-state index in [9.17, 15) is 4.79 Å². The van der Waals surface area contributed by atoms with Crippen molar-refractivity contribution in [3.63, 3.8) is 0 Å². The van der Waals surface area contributed by atoms with E-state index in [1.807, 2.05) is 43.9 Å². The largest absolute Gasteiger partial charge is 0.337 e. The van der Waals surface area contributed by atoms with Gasteiger partial charge in [0.25, 0.3) is 0 Å². The lowest BCUT2D eigenvalue weighted by atomic mass is 9.86. The Morgan fingerprint density at radius 1 is 1.25 bits per heavy atom. The smallest absolute Gasteiger partial charge is 0.240 e. The predicted octanol–water partition coefficient (Wildman–Crippen LogP) is 2.68. The molecule has 0 radical (unpaired) electrons. The molecule has 0 fully saturated rings. The summed E-state index contributed by atoms with van der Waals surface area (Å²) < 4.78 is 0. The maximum absolute atomic E-state index is 12.4. The standard InChI is InChI=1S/C17H24N2O/c1-17(2,3)15(18)16(20)19-11-9-14(10-12-19)13-7-5-4-6-8-13/h4-9,15H,10-12,18H2,1-3H3. The third kappa shape index (κ3) is 3.28. The van der Waals surface area contributed by atoms with Gasteiger partial charge in [0.2, 0.25) is 5.91 Å². The lowest BCUT2D eigenvalue weighted by Gasteiger charge is -2.33. The Kier molecular flexibility index (Phi) is 4.29. The summed E-state index contributed by atoms with van der Waals surface area (Å²) in [7, 11) is 0. The van der Waals surface area contributed by atoms with Crippen LogP contribution in [0.4, 0.5) is 0 Å². The fraction of sp³-hybridized carbons (Fsp3) is 0.471. The minimum atomic E-state index is -0.436. The first-order valence-corrected chi connectivity index (χ1v) is 7.18. The van der Waals surface area contributed by atoms with Crippen molar-refractivity contribution in [1.29, 1.82) is 0 Å². The summed E-state index contributed by atoms with van der Waals surface area (Å²) in [6.07, 6.45) is 3.04. The van der Waals surface area contributed by atoms with Gasteiger partial charge >= 0.3 is 0 Å². The Bertz CT molecular complexity index is 499. The van der Waals surface area contributed by atoms with E-state index >= 15 is 0 Å². The van der Waals surface area contributed by atoms with Gasteiger partial charge in [-0.25, -0.2) is 0 Å². The first-order chi connectivity index (χ1) is 9.39. The number of amides is 1. The number of nitrogens with two attached hydrogens (primary N) is 1. The molecule has 1 aliphatic rings. The maximum atomic E-state index is 12.4. The van der Waals surface area contributed by atoms with E-state index in [0.29, 0.717) is 6.54 Å². The van der Waals surface area contributed by atoms with Crippen molar-refractivity contribution in [2.24, 2.45) is 11.1 Å². The Morgan fingerprint density at radius 3 is 2.40 bits per heavy atom. The molecule has 1 amide bonds. The van der Waals surface area contributed by atoms with Crippen LogP contribution in [-0.4, -0.2) is 29.9 Å². The van der Waals surface area contributed by atoms with Gasteiger partial charge in [0.05, 0.1) is 6.04 Å². The van der Waals surface area contributed by atoms with Gasteiger partial charge in [0.1, 0.15) is 0 Å². The predicted molar refractivity (Wildman–Crippen MR) is 83.0 cm³/mol. The molecular formula is C17H24N2O. The molecule has 1 heterocycles. The van der Waals surface area contributed by atoms with Gasteiger partial charge in [-0.15, -0.1) is 0 Å². The number of hydrogen-bond donors (Lipinski definition) is 1. The average Bonchev–Trinajstić information content (AvgIpc) is 2.46. The number of nitrogens with zero attached hydrogens (tertiary/aromatic N) is 1. The number of benzene rings is 1. The van der Waals surface area contributed by atoms with Crippen molar-refractivity contribution < 1.29 is 4.79 Å². The molecular weight excluding hydrogens is 248 g/mol. The third-order valence-electron chi connectivity index (χ3n) is 3.86. The monoisotopic (exact) mass is 272 g/mol. The zero-order valence-corrected chi connectivity index (χ0v) is 12.6. The second-order valence-corrected chi connectivity index (χ2v) is 6.47. The van der Waals surface area contributed by atoms with Crippen LogP contribution in [0.2, 0.25) is 0 Å². The number of rotatable bonds is 2. The number of carbonyl (C=O) groups is 1. The topological polar surface area (TPSA) is 46.3 Å². The fourth-order valence-electron chi connectivity index (χ4n) is 2.35. The van der Waals surface area contributed by atoms with Crippen LogP contribution >= 0.6 is 0 Å². The molecule has 0 saturated heterocycles. The zero-order chi connectivity index (χ0) is 14.8. The molecule has 0 bridgehead atoms. The van der Waals surface area contributed by atoms with Crippen molar-refractivity contribution in [3.05, 3.63) is 42.0 Å². The van der Waals surface area contributed by atoms with Crippen LogP contribution in [0.5, 0.6) is 0 Å². The second kappa shape index (κ2) is 5.80. The first-order valence-electron chi connectivity index (χ1n) is 7.18. The Morgan fingerprint density at radius 2 is 1.90 bits per heavy atom. The second-order valence-electron chi connectivity index (χ2n) is 6.47. The van der Waals surface area contributed by atoms with E-state index in [2.05, 4.69) is 18.2 Å². The van der Waals surface area contributed by atoms with E-state index in [-0.39, 0.29) is 11.3 Å². The Labute approximate surface area is 121 Å². The summed E-state index contributed by atoms with van der Waals surface area (Å²) in [5.74, 6) is 0.0564. The number of carbonyl (C=O) groups excluding carboxylic acids is 1. The maximum Gasteiger partial charge on any atom is 0.240 e. The van der Waals surface area contributed by atoms with Gasteiger partial charge in [-0.3, -0.25) is 4.79 Å². The number of hydrogen-bond acceptors (Lipinski definition) is 2. The minimum absolute atomic E-state index is 0.0564. The highest BCUT2D eigenvalue weighted by atomic mass is 16.2. The van der Waals surface area contributed by atoms with E-state index < -0.39 is 6.04 Å². The molecule has 1 aliphatic heterocycles. The molecule has 0 spiro atoms. The fourth-order valence-corrected chi connectivity index (χ4v) is 2.35. The quantitative estimate of drug-likeness (QED) is 0.899. The van der Waals surface area contributed by atoms with E-state index in [0.717, 1.165) is 13.0 Å². The molecule has 0 saturated carbocycles. The normalized spacial score (nSPS) is 17.6. The van der Waals surface area contributed by atoms with Gasteiger partial charge in [0, 0.05) is 13.1 Å². The SMILES string of the molecule is CC(C)(C)C(N)C(=O)N1CC=C(c2ccccc2)CC1. The molecule has 2 rings (SSSR count). The van der Waals surface area contributed by atoms with E-state index in [1.165, 1.54) is 11.1 Å². The summed E-state index contributed by atoms with van der Waals surface area (Å²) in [6.45, 7) is 7.43. The zero-order valence-electron chi connectivity index (χ0n) is 12.6. The van der Waals surface area contributed by atoms with Crippen LogP contribution < -0.4 is 5.73 Å². The Hall–Kier alpha value is -1.61. The molecule has 20 heavy (non-hydrogen) atoms. The van der Waals surface area contributed by atoms with Gasteiger partial charge in [0.15, 0.2) is 0 Å². The van der Waals surface area contributed by atoms with E-state index in [4.69, 9.17) is 5.73 Å². The average molecular weight is 272 g/mol. The molecule has 1 aromatic carbocycles. The van der Waals surface area contributed by atoms with Crippen LogP contribution in [-0.2, 0) is 4.79 Å². The molecule has 108 valence electrons. The molecule has 0 aliphatic carbocycles. The lowest BCUT2D eigenvalue weighted by molar-refractivity contribution is -0.134. The summed E-state index contributed by atoms with van der Waals surface area (Å²) in [5.41, 5.74) is 8.43. The molecule has 3 nitrogen and oxygen atoms in total. The highest BCUT2D eigenvalue weighted by molar-refractivity contribution is 5.83. The van der Waals surface area contributed by atoms with Crippen molar-refractivity contribution in [2.75, 3.05) is 13.1 Å². The summed E-state index contributed by atoms with van der Waals surface area (Å²) in [5, 5.41) is 0. The summed E-state index contributed by atoms with van der Waals surface area (Å²) in [6, 6.07) is 9.90. The van der Waals surface area contributed by atoms with Crippen molar-refractivity contribution in [3.8, 4) is 0 Å². The molecule has 0 aromatic heterocycles. The summed E-state index contributed by atoms with van der Waals surface area (Å²) >= 11 is 0.